The number of hydrogen-bond acceptors (Lipinski definition) is 3. The first-order valence-corrected chi connectivity index (χ1v) is 8.25. The predicted molar refractivity (Wildman–Crippen MR) is 75.4 cm³/mol. The molecule has 1 fully saturated rings. The molecule has 0 unspecified atom stereocenters. The molecule has 2 nitrogen and oxygen atoms in total. The van der Waals surface area contributed by atoms with Crippen LogP contribution in [0.5, 0.6) is 0 Å². The zero-order chi connectivity index (χ0) is 11.5. The smallest absolute Gasteiger partial charge is 0.000664 e. The van der Waals surface area contributed by atoms with Crippen LogP contribution in [0.15, 0.2) is 0 Å². The van der Waals surface area contributed by atoms with Crippen LogP contribution in [0.25, 0.3) is 0 Å². The summed E-state index contributed by atoms with van der Waals surface area (Å²) >= 11 is 1.95. The van der Waals surface area contributed by atoms with Crippen molar-refractivity contribution >= 4 is 11.8 Å². The van der Waals surface area contributed by atoms with Gasteiger partial charge < -0.3 is 10.2 Å². The van der Waals surface area contributed by atoms with Gasteiger partial charge in [0, 0.05) is 0 Å². The van der Waals surface area contributed by atoms with E-state index < -0.39 is 0 Å². The van der Waals surface area contributed by atoms with Crippen molar-refractivity contribution in [1.29, 1.82) is 0 Å². The molecule has 0 amide bonds. The van der Waals surface area contributed by atoms with E-state index in [1.165, 1.54) is 77.0 Å². The van der Waals surface area contributed by atoms with Crippen LogP contribution in [0, 0.1) is 0 Å². The Morgan fingerprint density at radius 1 is 1.00 bits per heavy atom. The number of nitrogens with zero attached hydrogens (tertiary/aromatic N) is 1. The molecule has 0 aromatic heterocycles. The molecule has 0 saturated carbocycles. The van der Waals surface area contributed by atoms with Crippen molar-refractivity contribution in [2.45, 2.75) is 38.5 Å². The van der Waals surface area contributed by atoms with Crippen LogP contribution in [0.2, 0.25) is 0 Å². The summed E-state index contributed by atoms with van der Waals surface area (Å²) in [7, 11) is 0. The highest BCUT2D eigenvalue weighted by atomic mass is 32.2. The van der Waals surface area contributed by atoms with E-state index in [1.54, 1.807) is 0 Å². The van der Waals surface area contributed by atoms with Gasteiger partial charge in [0.1, 0.15) is 0 Å². The molecule has 1 aliphatic rings. The van der Waals surface area contributed by atoms with E-state index in [9.17, 15) is 0 Å². The number of nitrogens with one attached hydrogen (secondary N) is 1. The van der Waals surface area contributed by atoms with Gasteiger partial charge in [-0.2, -0.15) is 11.8 Å². The first-order chi connectivity index (χ1) is 7.93. The second-order valence-electron chi connectivity index (χ2n) is 4.71. The SMILES string of the molecule is CSCCCCNCCCN1CCCCC1. The lowest BCUT2D eigenvalue weighted by Crippen LogP contribution is -2.32. The highest BCUT2D eigenvalue weighted by Gasteiger charge is 2.08. The summed E-state index contributed by atoms with van der Waals surface area (Å²) < 4.78 is 0. The lowest BCUT2D eigenvalue weighted by atomic mass is 10.1. The van der Waals surface area contributed by atoms with Gasteiger partial charge in [0.05, 0.1) is 0 Å². The maximum Gasteiger partial charge on any atom is -0.000664 e. The summed E-state index contributed by atoms with van der Waals surface area (Å²) in [5, 5.41) is 3.55. The Labute approximate surface area is 106 Å². The molecular weight excluding hydrogens is 216 g/mol. The Morgan fingerprint density at radius 2 is 1.75 bits per heavy atom. The van der Waals surface area contributed by atoms with Crippen molar-refractivity contribution in [3.8, 4) is 0 Å². The maximum absolute atomic E-state index is 3.55. The van der Waals surface area contributed by atoms with Gasteiger partial charge in [-0.3, -0.25) is 0 Å². The van der Waals surface area contributed by atoms with E-state index in [-0.39, 0.29) is 0 Å². The van der Waals surface area contributed by atoms with Gasteiger partial charge in [-0.1, -0.05) is 6.42 Å². The van der Waals surface area contributed by atoms with Crippen LogP contribution in [0.4, 0.5) is 0 Å². The number of rotatable bonds is 9. The van der Waals surface area contributed by atoms with Crippen molar-refractivity contribution in [2.75, 3.05) is 44.7 Å². The summed E-state index contributed by atoms with van der Waals surface area (Å²) in [5.41, 5.74) is 0. The Morgan fingerprint density at radius 3 is 2.50 bits per heavy atom. The van der Waals surface area contributed by atoms with Gasteiger partial charge in [-0.15, -0.1) is 0 Å². The van der Waals surface area contributed by atoms with Crippen molar-refractivity contribution < 1.29 is 0 Å². The predicted octanol–water partition coefficient (Wildman–Crippen LogP) is 2.60. The van der Waals surface area contributed by atoms with E-state index in [0.29, 0.717) is 0 Å². The molecule has 3 heteroatoms. The largest absolute Gasteiger partial charge is 0.317 e. The van der Waals surface area contributed by atoms with E-state index in [4.69, 9.17) is 0 Å². The quantitative estimate of drug-likeness (QED) is 0.628. The summed E-state index contributed by atoms with van der Waals surface area (Å²) in [5.74, 6) is 1.31. The zero-order valence-corrected chi connectivity index (χ0v) is 11.7. The topological polar surface area (TPSA) is 15.3 Å². The molecule has 96 valence electrons. The molecular formula is C13H28N2S. The molecule has 1 saturated heterocycles. The number of piperidine rings is 1. The minimum atomic E-state index is 1.20. The first-order valence-electron chi connectivity index (χ1n) is 6.85. The molecule has 0 radical (unpaired) electrons. The number of hydrogen-bond donors (Lipinski definition) is 1. The Bertz CT molecular complexity index is 147. The second-order valence-corrected chi connectivity index (χ2v) is 5.69. The lowest BCUT2D eigenvalue weighted by molar-refractivity contribution is 0.226. The standard InChI is InChI=1S/C13H28N2S/c1-16-13-6-3-8-14-9-7-12-15-10-4-2-5-11-15/h14H,2-13H2,1H3. The van der Waals surface area contributed by atoms with Crippen molar-refractivity contribution in [1.82, 2.24) is 10.2 Å². The average molecular weight is 244 g/mol. The third-order valence-corrected chi connectivity index (χ3v) is 3.93. The molecule has 0 atom stereocenters. The molecule has 1 N–H and O–H groups in total. The Hall–Kier alpha value is 0.270. The van der Waals surface area contributed by atoms with Gasteiger partial charge in [0.25, 0.3) is 0 Å². The molecule has 1 aliphatic heterocycles. The van der Waals surface area contributed by atoms with Crippen LogP contribution >= 0.6 is 11.8 Å². The molecule has 0 aromatic rings. The van der Waals surface area contributed by atoms with Crippen molar-refractivity contribution in [2.24, 2.45) is 0 Å². The van der Waals surface area contributed by atoms with Gasteiger partial charge in [-0.25, -0.2) is 0 Å². The third kappa shape index (κ3) is 7.53. The van der Waals surface area contributed by atoms with Crippen LogP contribution in [0.1, 0.15) is 38.5 Å². The minimum Gasteiger partial charge on any atom is -0.317 e. The van der Waals surface area contributed by atoms with Gasteiger partial charge in [-0.05, 0) is 76.8 Å². The summed E-state index contributed by atoms with van der Waals surface area (Å²) in [6.07, 6.45) is 10.5. The Balaban J connectivity index is 1.77. The first kappa shape index (κ1) is 14.3. The highest BCUT2D eigenvalue weighted by molar-refractivity contribution is 7.98. The average Bonchev–Trinajstić information content (AvgIpc) is 2.34. The summed E-state index contributed by atoms with van der Waals surface area (Å²) in [4.78, 5) is 2.62. The number of unbranched alkanes of at least 4 members (excludes halogenated alkanes) is 1. The fourth-order valence-electron chi connectivity index (χ4n) is 2.23. The molecule has 0 aliphatic carbocycles. The van der Waals surface area contributed by atoms with Crippen LogP contribution in [-0.4, -0.2) is 49.6 Å². The van der Waals surface area contributed by atoms with Crippen LogP contribution in [0.3, 0.4) is 0 Å². The molecule has 1 heterocycles. The number of thioether (sulfide) groups is 1. The lowest BCUT2D eigenvalue weighted by Gasteiger charge is -2.26. The molecule has 0 spiro atoms. The van der Waals surface area contributed by atoms with Crippen LogP contribution < -0.4 is 5.32 Å². The normalized spacial score (nSPS) is 17.8. The van der Waals surface area contributed by atoms with Gasteiger partial charge in [0.15, 0.2) is 0 Å². The van der Waals surface area contributed by atoms with E-state index in [2.05, 4.69) is 16.5 Å². The third-order valence-electron chi connectivity index (χ3n) is 3.23. The van der Waals surface area contributed by atoms with E-state index in [1.807, 2.05) is 11.8 Å². The van der Waals surface area contributed by atoms with Gasteiger partial charge in [0.2, 0.25) is 0 Å². The van der Waals surface area contributed by atoms with Crippen LogP contribution in [-0.2, 0) is 0 Å². The molecule has 1 rings (SSSR count). The minimum absolute atomic E-state index is 1.20. The monoisotopic (exact) mass is 244 g/mol. The van der Waals surface area contributed by atoms with E-state index in [0.717, 1.165) is 0 Å². The summed E-state index contributed by atoms with van der Waals surface area (Å²) in [6.45, 7) is 6.40. The number of likely N-dealkylation sites (tertiary alicyclic amines) is 1. The van der Waals surface area contributed by atoms with Gasteiger partial charge >= 0.3 is 0 Å². The fraction of sp³-hybridized carbons (Fsp3) is 1.00. The highest BCUT2D eigenvalue weighted by Crippen LogP contribution is 2.08. The summed E-state index contributed by atoms with van der Waals surface area (Å²) in [6, 6.07) is 0. The zero-order valence-electron chi connectivity index (χ0n) is 10.8. The maximum atomic E-state index is 3.55. The Kier molecular flexibility index (Phi) is 9.34. The molecule has 0 aromatic carbocycles. The molecule has 0 bridgehead atoms. The van der Waals surface area contributed by atoms with Crippen molar-refractivity contribution in [3.63, 3.8) is 0 Å². The molecule has 16 heavy (non-hydrogen) atoms. The fourth-order valence-corrected chi connectivity index (χ4v) is 2.72. The van der Waals surface area contributed by atoms with E-state index >= 15 is 0 Å². The second kappa shape index (κ2) is 10.4. The van der Waals surface area contributed by atoms with Crippen molar-refractivity contribution in [3.05, 3.63) is 0 Å².